The monoisotopic (exact) mass is 276 g/mol. The molecule has 0 bridgehead atoms. The molecule has 1 aromatic carbocycles. The van der Waals surface area contributed by atoms with E-state index in [4.69, 9.17) is 9.47 Å². The van der Waals surface area contributed by atoms with Crippen LogP contribution in [0.5, 0.6) is 11.5 Å². The molecule has 1 heterocycles. The van der Waals surface area contributed by atoms with Crippen LogP contribution in [0.1, 0.15) is 63.3 Å². The van der Waals surface area contributed by atoms with Crippen molar-refractivity contribution in [1.29, 1.82) is 0 Å². The molecule has 0 amide bonds. The average molecular weight is 276 g/mol. The van der Waals surface area contributed by atoms with Gasteiger partial charge in [0.2, 0.25) is 0 Å². The minimum atomic E-state index is -0.176. The van der Waals surface area contributed by atoms with E-state index in [-0.39, 0.29) is 11.2 Å². The van der Waals surface area contributed by atoms with E-state index in [2.05, 4.69) is 55.4 Å². The lowest BCUT2D eigenvalue weighted by atomic mass is 9.88. The predicted octanol–water partition coefficient (Wildman–Crippen LogP) is 4.89. The number of hydrogen-bond acceptors (Lipinski definition) is 2. The summed E-state index contributed by atoms with van der Waals surface area (Å²) >= 11 is 0. The smallest absolute Gasteiger partial charge is 0.127 e. The molecule has 0 radical (unpaired) electrons. The Hall–Kier alpha value is -1.18. The van der Waals surface area contributed by atoms with Crippen LogP contribution in [0.3, 0.4) is 0 Å². The van der Waals surface area contributed by atoms with Crippen molar-refractivity contribution in [3.63, 3.8) is 0 Å². The van der Waals surface area contributed by atoms with Crippen LogP contribution >= 0.6 is 0 Å². The van der Waals surface area contributed by atoms with Crippen LogP contribution in [0.15, 0.2) is 0 Å². The molecule has 20 heavy (non-hydrogen) atoms. The molecular formula is C18H28O2. The van der Waals surface area contributed by atoms with Crippen LogP contribution in [0.2, 0.25) is 0 Å². The first-order chi connectivity index (χ1) is 9.02. The Balaban J connectivity index is 2.57. The Bertz CT molecular complexity index is 534. The summed E-state index contributed by atoms with van der Waals surface area (Å²) in [4.78, 5) is 0. The van der Waals surface area contributed by atoms with Crippen LogP contribution in [0.4, 0.5) is 0 Å². The number of hydrogen-bond donors (Lipinski definition) is 0. The van der Waals surface area contributed by atoms with E-state index in [0.29, 0.717) is 0 Å². The highest BCUT2D eigenvalue weighted by Gasteiger charge is 2.31. The van der Waals surface area contributed by atoms with Gasteiger partial charge in [-0.1, -0.05) is 0 Å². The molecule has 0 saturated carbocycles. The van der Waals surface area contributed by atoms with Crippen LogP contribution < -0.4 is 9.47 Å². The topological polar surface area (TPSA) is 18.5 Å². The lowest BCUT2D eigenvalue weighted by molar-refractivity contribution is 0.0819. The Labute approximate surface area is 123 Å². The third-order valence-electron chi connectivity index (χ3n) is 4.07. The average Bonchev–Trinajstić information content (AvgIpc) is 2.29. The molecule has 0 aliphatic carbocycles. The van der Waals surface area contributed by atoms with Crippen molar-refractivity contribution in [3.05, 3.63) is 22.3 Å². The second-order valence-electron chi connectivity index (χ2n) is 7.59. The van der Waals surface area contributed by atoms with Crippen molar-refractivity contribution in [1.82, 2.24) is 0 Å². The number of fused-ring (bicyclic) bond motifs is 1. The summed E-state index contributed by atoms with van der Waals surface area (Å²) in [5.41, 5.74) is 4.75. The summed E-state index contributed by atoms with van der Waals surface area (Å²) in [5, 5.41) is 0. The summed E-state index contributed by atoms with van der Waals surface area (Å²) in [7, 11) is 0. The van der Waals surface area contributed by atoms with E-state index in [0.717, 1.165) is 24.3 Å². The van der Waals surface area contributed by atoms with Gasteiger partial charge in [-0.05, 0) is 84.9 Å². The van der Waals surface area contributed by atoms with Crippen molar-refractivity contribution in [3.8, 4) is 11.5 Å². The fraction of sp³-hybridized carbons (Fsp3) is 0.667. The second kappa shape index (κ2) is 4.68. The molecule has 0 fully saturated rings. The van der Waals surface area contributed by atoms with Gasteiger partial charge >= 0.3 is 0 Å². The quantitative estimate of drug-likeness (QED) is 0.727. The van der Waals surface area contributed by atoms with Gasteiger partial charge in [0.15, 0.2) is 0 Å². The van der Waals surface area contributed by atoms with Gasteiger partial charge in [-0.15, -0.1) is 0 Å². The summed E-state index contributed by atoms with van der Waals surface area (Å²) < 4.78 is 12.4. The van der Waals surface area contributed by atoms with E-state index >= 15 is 0 Å². The maximum absolute atomic E-state index is 6.24. The summed E-state index contributed by atoms with van der Waals surface area (Å²) in [6, 6.07) is 0. The molecule has 0 atom stereocenters. The maximum atomic E-state index is 6.24. The largest absolute Gasteiger partial charge is 0.488 e. The SMILES string of the molecule is Cc1c(C)c2c(c(C)c1OC(C)(C)C)CCC(C)(C)O2. The van der Waals surface area contributed by atoms with Crippen molar-refractivity contribution in [2.24, 2.45) is 0 Å². The first-order valence-electron chi connectivity index (χ1n) is 7.52. The molecule has 2 rings (SSSR count). The summed E-state index contributed by atoms with van der Waals surface area (Å²) in [6.07, 6.45) is 2.12. The molecule has 1 aliphatic heterocycles. The minimum Gasteiger partial charge on any atom is -0.488 e. The minimum absolute atomic E-state index is 0.0664. The van der Waals surface area contributed by atoms with E-state index in [1.165, 1.54) is 22.3 Å². The molecule has 1 aromatic rings. The molecule has 0 aromatic heterocycles. The Morgan fingerprint density at radius 1 is 1.00 bits per heavy atom. The van der Waals surface area contributed by atoms with E-state index in [1.54, 1.807) is 0 Å². The van der Waals surface area contributed by atoms with Gasteiger partial charge in [-0.25, -0.2) is 0 Å². The number of benzene rings is 1. The standard InChI is InChI=1S/C18H28O2/c1-11-12(2)16-14(9-10-18(7,8)20-16)13(3)15(11)19-17(4,5)6/h9-10H2,1-8H3. The molecule has 0 N–H and O–H groups in total. The second-order valence-corrected chi connectivity index (χ2v) is 7.59. The predicted molar refractivity (Wildman–Crippen MR) is 84.1 cm³/mol. The lowest BCUT2D eigenvalue weighted by Gasteiger charge is -2.36. The Kier molecular flexibility index (Phi) is 3.56. The third kappa shape index (κ3) is 2.79. The van der Waals surface area contributed by atoms with Crippen LogP contribution in [-0.2, 0) is 6.42 Å². The first-order valence-corrected chi connectivity index (χ1v) is 7.52. The van der Waals surface area contributed by atoms with E-state index in [9.17, 15) is 0 Å². The summed E-state index contributed by atoms with van der Waals surface area (Å²) in [5.74, 6) is 2.12. The van der Waals surface area contributed by atoms with Crippen LogP contribution in [0, 0.1) is 20.8 Å². The molecule has 0 unspecified atom stereocenters. The highest BCUT2D eigenvalue weighted by Crippen LogP contribution is 2.44. The zero-order chi connectivity index (χ0) is 15.3. The number of rotatable bonds is 1. The Morgan fingerprint density at radius 3 is 2.15 bits per heavy atom. The molecule has 1 aliphatic rings. The van der Waals surface area contributed by atoms with E-state index in [1.807, 2.05) is 0 Å². The zero-order valence-electron chi connectivity index (χ0n) is 14.2. The van der Waals surface area contributed by atoms with Gasteiger partial charge < -0.3 is 9.47 Å². The lowest BCUT2D eigenvalue weighted by Crippen LogP contribution is -2.34. The van der Waals surface area contributed by atoms with Gasteiger partial charge in [0, 0.05) is 5.56 Å². The zero-order valence-corrected chi connectivity index (χ0v) is 14.2. The van der Waals surface area contributed by atoms with Gasteiger partial charge in [0.25, 0.3) is 0 Å². The highest BCUT2D eigenvalue weighted by molar-refractivity contribution is 5.59. The van der Waals surface area contributed by atoms with Gasteiger partial charge in [0.1, 0.15) is 22.7 Å². The van der Waals surface area contributed by atoms with Gasteiger partial charge in [-0.3, -0.25) is 0 Å². The fourth-order valence-electron chi connectivity index (χ4n) is 2.81. The Morgan fingerprint density at radius 2 is 1.60 bits per heavy atom. The van der Waals surface area contributed by atoms with E-state index < -0.39 is 0 Å². The highest BCUT2D eigenvalue weighted by atomic mass is 16.5. The van der Waals surface area contributed by atoms with Crippen molar-refractivity contribution < 1.29 is 9.47 Å². The van der Waals surface area contributed by atoms with Crippen molar-refractivity contribution in [2.75, 3.05) is 0 Å². The van der Waals surface area contributed by atoms with Gasteiger partial charge in [0.05, 0.1) is 0 Å². The fourth-order valence-corrected chi connectivity index (χ4v) is 2.81. The maximum Gasteiger partial charge on any atom is 0.127 e. The molecule has 0 saturated heterocycles. The molecule has 2 heteroatoms. The van der Waals surface area contributed by atoms with Crippen molar-refractivity contribution >= 4 is 0 Å². The molecule has 0 spiro atoms. The normalized spacial score (nSPS) is 17.4. The third-order valence-corrected chi connectivity index (χ3v) is 4.07. The summed E-state index contributed by atoms with van der Waals surface area (Å²) in [6.45, 7) is 17.1. The number of ether oxygens (including phenoxy) is 2. The van der Waals surface area contributed by atoms with Crippen LogP contribution in [0.25, 0.3) is 0 Å². The van der Waals surface area contributed by atoms with Crippen LogP contribution in [-0.4, -0.2) is 11.2 Å². The van der Waals surface area contributed by atoms with Gasteiger partial charge in [-0.2, -0.15) is 0 Å². The molecule has 112 valence electrons. The van der Waals surface area contributed by atoms with Crippen molar-refractivity contribution in [2.45, 2.75) is 79.4 Å². The first kappa shape index (κ1) is 15.2. The molecular weight excluding hydrogens is 248 g/mol. The molecule has 2 nitrogen and oxygen atoms in total.